The number of nitrogens with zero attached hydrogens (tertiary/aromatic N) is 5. The molecule has 1 aliphatic rings. The van der Waals surface area contributed by atoms with Crippen LogP contribution in [0.1, 0.15) is 25.3 Å². The van der Waals surface area contributed by atoms with E-state index in [-0.39, 0.29) is 0 Å². The van der Waals surface area contributed by atoms with E-state index in [1.54, 1.807) is 0 Å². The summed E-state index contributed by atoms with van der Waals surface area (Å²) in [5.74, 6) is 1.40. The number of tetrazole rings is 1. The van der Waals surface area contributed by atoms with Crippen molar-refractivity contribution in [3.63, 3.8) is 0 Å². The average molecular weight is 315 g/mol. The SMILES string of the molecule is Cc1ccc(-c2nnn(C[C@H](O)CN3CCC(C)CC3)n2)cc1. The lowest BCUT2D eigenvalue weighted by atomic mass is 9.99. The van der Waals surface area contributed by atoms with Crippen molar-refractivity contribution >= 4 is 0 Å². The zero-order valence-corrected chi connectivity index (χ0v) is 13.9. The van der Waals surface area contributed by atoms with E-state index in [1.165, 1.54) is 23.2 Å². The van der Waals surface area contributed by atoms with Crippen molar-refractivity contribution in [3.8, 4) is 11.4 Å². The van der Waals surface area contributed by atoms with E-state index in [4.69, 9.17) is 0 Å². The summed E-state index contributed by atoms with van der Waals surface area (Å²) in [5, 5.41) is 22.8. The summed E-state index contributed by atoms with van der Waals surface area (Å²) in [6.45, 7) is 7.53. The van der Waals surface area contributed by atoms with Crippen molar-refractivity contribution in [3.05, 3.63) is 29.8 Å². The monoisotopic (exact) mass is 315 g/mol. The zero-order valence-electron chi connectivity index (χ0n) is 13.9. The van der Waals surface area contributed by atoms with Crippen LogP contribution in [0.5, 0.6) is 0 Å². The van der Waals surface area contributed by atoms with E-state index in [2.05, 4.69) is 27.2 Å². The second kappa shape index (κ2) is 7.19. The fraction of sp³-hybridized carbons (Fsp3) is 0.588. The number of hydrogen-bond acceptors (Lipinski definition) is 5. The molecule has 124 valence electrons. The summed E-state index contributed by atoms with van der Waals surface area (Å²) in [6, 6.07) is 8.04. The van der Waals surface area contributed by atoms with Gasteiger partial charge in [-0.1, -0.05) is 36.8 Å². The second-order valence-corrected chi connectivity index (χ2v) is 6.67. The van der Waals surface area contributed by atoms with Crippen LogP contribution < -0.4 is 0 Å². The summed E-state index contributed by atoms with van der Waals surface area (Å²) in [6.07, 6.45) is 1.96. The Morgan fingerprint density at radius 1 is 1.17 bits per heavy atom. The molecule has 3 rings (SSSR count). The minimum Gasteiger partial charge on any atom is -0.390 e. The molecule has 23 heavy (non-hydrogen) atoms. The van der Waals surface area contributed by atoms with Gasteiger partial charge < -0.3 is 10.0 Å². The summed E-state index contributed by atoms with van der Waals surface area (Å²) < 4.78 is 0. The molecule has 0 spiro atoms. The molecule has 0 aliphatic carbocycles. The summed E-state index contributed by atoms with van der Waals surface area (Å²) in [5.41, 5.74) is 2.15. The predicted molar refractivity (Wildman–Crippen MR) is 88.8 cm³/mol. The van der Waals surface area contributed by atoms with Gasteiger partial charge in [0.2, 0.25) is 5.82 Å². The minimum absolute atomic E-state index is 0.380. The zero-order chi connectivity index (χ0) is 16.2. The smallest absolute Gasteiger partial charge is 0.204 e. The van der Waals surface area contributed by atoms with E-state index >= 15 is 0 Å². The predicted octanol–water partition coefficient (Wildman–Crippen LogP) is 1.74. The highest BCUT2D eigenvalue weighted by Gasteiger charge is 2.19. The maximum Gasteiger partial charge on any atom is 0.204 e. The van der Waals surface area contributed by atoms with Gasteiger partial charge in [-0.3, -0.25) is 0 Å². The van der Waals surface area contributed by atoms with E-state index in [0.29, 0.717) is 18.9 Å². The Balaban J connectivity index is 1.55. The molecule has 1 fully saturated rings. The third kappa shape index (κ3) is 4.36. The largest absolute Gasteiger partial charge is 0.390 e. The van der Waals surface area contributed by atoms with Gasteiger partial charge in [0.15, 0.2) is 0 Å². The van der Waals surface area contributed by atoms with Crippen LogP contribution in [0, 0.1) is 12.8 Å². The van der Waals surface area contributed by atoms with Gasteiger partial charge >= 0.3 is 0 Å². The number of likely N-dealkylation sites (tertiary alicyclic amines) is 1. The van der Waals surface area contributed by atoms with Gasteiger partial charge in [-0.15, -0.1) is 10.2 Å². The topological polar surface area (TPSA) is 67.1 Å². The second-order valence-electron chi connectivity index (χ2n) is 6.67. The maximum atomic E-state index is 10.3. The number of benzene rings is 1. The molecule has 0 bridgehead atoms. The van der Waals surface area contributed by atoms with E-state index in [9.17, 15) is 5.11 Å². The number of aromatic nitrogens is 4. The molecule has 0 saturated carbocycles. The highest BCUT2D eigenvalue weighted by Crippen LogP contribution is 2.16. The van der Waals surface area contributed by atoms with Crippen molar-refractivity contribution in [2.75, 3.05) is 19.6 Å². The van der Waals surface area contributed by atoms with Gasteiger partial charge in [0.1, 0.15) is 0 Å². The fourth-order valence-corrected chi connectivity index (χ4v) is 2.93. The van der Waals surface area contributed by atoms with Crippen LogP contribution in [-0.2, 0) is 6.54 Å². The summed E-state index contributed by atoms with van der Waals surface area (Å²) >= 11 is 0. The van der Waals surface area contributed by atoms with Gasteiger partial charge in [-0.05, 0) is 44.0 Å². The van der Waals surface area contributed by atoms with E-state index < -0.39 is 6.10 Å². The minimum atomic E-state index is -0.469. The van der Waals surface area contributed by atoms with E-state index in [0.717, 1.165) is 24.6 Å². The first-order valence-electron chi connectivity index (χ1n) is 8.35. The summed E-state index contributed by atoms with van der Waals surface area (Å²) in [4.78, 5) is 3.81. The van der Waals surface area contributed by atoms with Crippen molar-refractivity contribution < 1.29 is 5.11 Å². The summed E-state index contributed by atoms with van der Waals surface area (Å²) in [7, 11) is 0. The lowest BCUT2D eigenvalue weighted by Crippen LogP contribution is -2.40. The Labute approximate surface area is 137 Å². The van der Waals surface area contributed by atoms with Crippen LogP contribution in [0.25, 0.3) is 11.4 Å². The van der Waals surface area contributed by atoms with Crippen LogP contribution in [0.2, 0.25) is 0 Å². The lowest BCUT2D eigenvalue weighted by molar-refractivity contribution is 0.0743. The van der Waals surface area contributed by atoms with Gasteiger partial charge in [0, 0.05) is 12.1 Å². The first-order chi connectivity index (χ1) is 11.1. The highest BCUT2D eigenvalue weighted by molar-refractivity contribution is 5.53. The van der Waals surface area contributed by atoms with E-state index in [1.807, 2.05) is 31.2 Å². The Hall–Kier alpha value is -1.79. The molecule has 1 N–H and O–H groups in total. The van der Waals surface area contributed by atoms with Crippen molar-refractivity contribution in [1.29, 1.82) is 0 Å². The molecule has 1 aromatic heterocycles. The third-order valence-corrected chi connectivity index (χ3v) is 4.48. The molecule has 6 heteroatoms. The Kier molecular flexibility index (Phi) is 5.03. The molecule has 1 atom stereocenters. The van der Waals surface area contributed by atoms with Crippen LogP contribution in [0.15, 0.2) is 24.3 Å². The molecular weight excluding hydrogens is 290 g/mol. The standard InChI is InChI=1S/C17H25N5O/c1-13-3-5-15(6-4-13)17-18-20-22(19-17)12-16(23)11-21-9-7-14(2)8-10-21/h3-6,14,16,23H,7-12H2,1-2H3/t16-/m1/s1. The van der Waals surface area contributed by atoms with Gasteiger partial charge in [0.25, 0.3) is 0 Å². The Morgan fingerprint density at radius 3 is 2.57 bits per heavy atom. The molecule has 0 radical (unpaired) electrons. The molecule has 2 aromatic rings. The van der Waals surface area contributed by atoms with Crippen molar-refractivity contribution in [2.45, 2.75) is 39.3 Å². The van der Waals surface area contributed by atoms with Crippen LogP contribution >= 0.6 is 0 Å². The van der Waals surface area contributed by atoms with Crippen molar-refractivity contribution in [2.24, 2.45) is 5.92 Å². The molecule has 1 saturated heterocycles. The number of β-amino-alcohol motifs (C(OH)–C–C–N with tert-alkyl or cyclic N) is 1. The normalized spacial score (nSPS) is 18.2. The quantitative estimate of drug-likeness (QED) is 0.910. The van der Waals surface area contributed by atoms with Gasteiger partial charge in [0.05, 0.1) is 12.6 Å². The average Bonchev–Trinajstić information content (AvgIpc) is 2.98. The van der Waals surface area contributed by atoms with Crippen LogP contribution in [0.4, 0.5) is 0 Å². The highest BCUT2D eigenvalue weighted by atomic mass is 16.3. The number of aryl methyl sites for hydroxylation is 1. The molecule has 0 amide bonds. The molecular formula is C17H25N5O. The molecule has 1 aliphatic heterocycles. The van der Waals surface area contributed by atoms with Crippen molar-refractivity contribution in [1.82, 2.24) is 25.1 Å². The number of aliphatic hydroxyl groups excluding tert-OH is 1. The molecule has 2 heterocycles. The number of aliphatic hydroxyl groups is 1. The maximum absolute atomic E-state index is 10.3. The Bertz CT molecular complexity index is 616. The lowest BCUT2D eigenvalue weighted by Gasteiger charge is -2.31. The molecule has 0 unspecified atom stereocenters. The molecule has 1 aromatic carbocycles. The number of hydrogen-bond donors (Lipinski definition) is 1. The number of piperidine rings is 1. The van der Waals surface area contributed by atoms with Gasteiger partial charge in [-0.25, -0.2) is 0 Å². The third-order valence-electron chi connectivity index (χ3n) is 4.48. The first-order valence-corrected chi connectivity index (χ1v) is 8.35. The van der Waals surface area contributed by atoms with Crippen LogP contribution in [0.3, 0.4) is 0 Å². The van der Waals surface area contributed by atoms with Crippen LogP contribution in [-0.4, -0.2) is 56.0 Å². The fourth-order valence-electron chi connectivity index (χ4n) is 2.93. The molecule has 6 nitrogen and oxygen atoms in total. The van der Waals surface area contributed by atoms with Gasteiger partial charge in [-0.2, -0.15) is 4.80 Å². The first kappa shape index (κ1) is 16.1. The Morgan fingerprint density at radius 2 is 1.87 bits per heavy atom. The number of rotatable bonds is 5.